The second-order valence-corrected chi connectivity index (χ2v) is 8.98. The molecule has 0 aliphatic rings. The number of nitrogens with zero attached hydrogens (tertiary/aromatic N) is 4. The Kier molecular flexibility index (Phi) is 6.80. The molecule has 0 saturated heterocycles. The van der Waals surface area contributed by atoms with Gasteiger partial charge in [0, 0.05) is 18.8 Å². The van der Waals surface area contributed by atoms with Crippen LogP contribution in [-0.4, -0.2) is 52.3 Å². The Bertz CT molecular complexity index is 1090. The number of aromatic nitrogens is 3. The summed E-state index contributed by atoms with van der Waals surface area (Å²) in [6.45, 7) is 4.35. The third-order valence-electron chi connectivity index (χ3n) is 4.22. The van der Waals surface area contributed by atoms with Crippen LogP contribution in [0.5, 0.6) is 0 Å². The van der Waals surface area contributed by atoms with Gasteiger partial charge in [0.25, 0.3) is 0 Å². The molecule has 2 aromatic heterocycles. The smallest absolute Gasteiger partial charge is 0.243 e. The van der Waals surface area contributed by atoms with Gasteiger partial charge in [-0.1, -0.05) is 25.6 Å². The van der Waals surface area contributed by atoms with Crippen LogP contribution in [0.2, 0.25) is 0 Å². The van der Waals surface area contributed by atoms with Gasteiger partial charge in [-0.05, 0) is 36.4 Å². The maximum atomic E-state index is 12.5. The van der Waals surface area contributed by atoms with E-state index >= 15 is 0 Å². The first-order valence-electron chi connectivity index (χ1n) is 9.14. The fourth-order valence-electron chi connectivity index (χ4n) is 2.70. The van der Waals surface area contributed by atoms with Crippen molar-refractivity contribution in [3.8, 4) is 11.6 Å². The van der Waals surface area contributed by atoms with Gasteiger partial charge < -0.3 is 15.6 Å². The topological polar surface area (TPSA) is 136 Å². The van der Waals surface area contributed by atoms with Gasteiger partial charge in [-0.15, -0.1) is 10.2 Å². The van der Waals surface area contributed by atoms with Crippen molar-refractivity contribution < 1.29 is 17.6 Å². The molecular weight excluding hydrogens is 428 g/mol. The normalized spacial score (nSPS) is 11.7. The predicted molar refractivity (Wildman–Crippen MR) is 114 cm³/mol. The van der Waals surface area contributed by atoms with Gasteiger partial charge in [0.1, 0.15) is 0 Å². The number of nitrogen functional groups attached to an aromatic ring is 1. The number of nitrogens with one attached hydrogen (secondary N) is 1. The Morgan fingerprint density at radius 1 is 1.20 bits per heavy atom. The molecule has 0 radical (unpaired) electrons. The molecule has 0 bridgehead atoms. The summed E-state index contributed by atoms with van der Waals surface area (Å²) in [6, 6.07) is 9.48. The van der Waals surface area contributed by atoms with Crippen molar-refractivity contribution in [2.45, 2.75) is 23.9 Å². The lowest BCUT2D eigenvalue weighted by atomic mass is 10.3. The average Bonchev–Trinajstić information content (AvgIpc) is 3.37. The average molecular weight is 451 g/mol. The standard InChI is InChI=1S/C18H22N6O4S2/c1-3-23(4-2)30(26,27)14-9-7-13(8-10-14)20-16(25)12-29-18-22-21-17(24(18)19)15-6-5-11-28-15/h5-11H,3-4,12,19H2,1-2H3,(H,20,25). The van der Waals surface area contributed by atoms with Gasteiger partial charge in [-0.3, -0.25) is 4.79 Å². The number of thioether (sulfide) groups is 1. The molecule has 0 unspecified atom stereocenters. The second-order valence-electron chi connectivity index (χ2n) is 6.10. The zero-order valence-corrected chi connectivity index (χ0v) is 18.1. The molecule has 3 rings (SSSR count). The fourth-order valence-corrected chi connectivity index (χ4v) is 4.81. The first kappa shape index (κ1) is 21.9. The molecule has 3 aromatic rings. The van der Waals surface area contributed by atoms with E-state index in [2.05, 4.69) is 15.5 Å². The SMILES string of the molecule is CCN(CC)S(=O)(=O)c1ccc(NC(=O)CSc2nnc(-c3ccco3)n2N)cc1. The van der Waals surface area contributed by atoms with E-state index in [-0.39, 0.29) is 16.6 Å². The summed E-state index contributed by atoms with van der Waals surface area (Å²) in [5.41, 5.74) is 0.490. The highest BCUT2D eigenvalue weighted by atomic mass is 32.2. The first-order valence-corrected chi connectivity index (χ1v) is 11.6. The molecule has 30 heavy (non-hydrogen) atoms. The number of anilines is 1. The highest BCUT2D eigenvalue weighted by Gasteiger charge is 2.21. The molecule has 1 aromatic carbocycles. The van der Waals surface area contributed by atoms with Crippen LogP contribution < -0.4 is 11.2 Å². The Hall–Kier alpha value is -2.83. The van der Waals surface area contributed by atoms with Gasteiger partial charge in [-0.25, -0.2) is 13.1 Å². The Morgan fingerprint density at radius 2 is 1.90 bits per heavy atom. The van der Waals surface area contributed by atoms with E-state index in [1.807, 2.05) is 0 Å². The van der Waals surface area contributed by atoms with Gasteiger partial charge in [0.15, 0.2) is 5.76 Å². The molecule has 2 heterocycles. The van der Waals surface area contributed by atoms with Crippen molar-refractivity contribution in [2.24, 2.45) is 0 Å². The predicted octanol–water partition coefficient (Wildman–Crippen LogP) is 2.01. The van der Waals surface area contributed by atoms with Crippen molar-refractivity contribution in [1.82, 2.24) is 19.2 Å². The van der Waals surface area contributed by atoms with E-state index in [1.165, 1.54) is 27.4 Å². The molecule has 160 valence electrons. The first-order chi connectivity index (χ1) is 14.4. The number of carbonyl (C=O) groups excluding carboxylic acids is 1. The van der Waals surface area contributed by atoms with E-state index < -0.39 is 10.0 Å². The maximum Gasteiger partial charge on any atom is 0.243 e. The molecular formula is C18H22N6O4S2. The molecule has 0 saturated carbocycles. The molecule has 12 heteroatoms. The Labute approximate surface area is 178 Å². The molecule has 0 fully saturated rings. The van der Waals surface area contributed by atoms with Gasteiger partial charge in [0.2, 0.25) is 26.9 Å². The summed E-state index contributed by atoms with van der Waals surface area (Å²) < 4.78 is 32.9. The van der Waals surface area contributed by atoms with E-state index in [0.29, 0.717) is 35.5 Å². The Balaban J connectivity index is 1.59. The second kappa shape index (κ2) is 9.32. The highest BCUT2D eigenvalue weighted by molar-refractivity contribution is 7.99. The van der Waals surface area contributed by atoms with Crippen LogP contribution in [-0.2, 0) is 14.8 Å². The van der Waals surface area contributed by atoms with Crippen molar-refractivity contribution in [3.05, 3.63) is 42.7 Å². The number of carbonyl (C=O) groups is 1. The van der Waals surface area contributed by atoms with Crippen LogP contribution in [0.25, 0.3) is 11.6 Å². The van der Waals surface area contributed by atoms with Crippen LogP contribution in [0, 0.1) is 0 Å². The van der Waals surface area contributed by atoms with Crippen LogP contribution >= 0.6 is 11.8 Å². The summed E-state index contributed by atoms with van der Waals surface area (Å²) >= 11 is 1.12. The minimum Gasteiger partial charge on any atom is -0.461 e. The maximum absolute atomic E-state index is 12.5. The monoisotopic (exact) mass is 450 g/mol. The van der Waals surface area contributed by atoms with Crippen molar-refractivity contribution in [2.75, 3.05) is 30.0 Å². The van der Waals surface area contributed by atoms with E-state index in [1.54, 1.807) is 38.1 Å². The largest absolute Gasteiger partial charge is 0.461 e. The number of benzene rings is 1. The van der Waals surface area contributed by atoms with E-state index in [9.17, 15) is 13.2 Å². The van der Waals surface area contributed by atoms with E-state index in [0.717, 1.165) is 11.8 Å². The van der Waals surface area contributed by atoms with Crippen molar-refractivity contribution >= 4 is 33.4 Å². The number of hydrogen-bond acceptors (Lipinski definition) is 8. The third kappa shape index (κ3) is 4.66. The number of hydrogen-bond donors (Lipinski definition) is 2. The summed E-state index contributed by atoms with van der Waals surface area (Å²) in [5.74, 6) is 6.54. The number of rotatable bonds is 9. The summed E-state index contributed by atoms with van der Waals surface area (Å²) in [6.07, 6.45) is 1.50. The molecule has 0 spiro atoms. The Morgan fingerprint density at radius 3 is 2.50 bits per heavy atom. The minimum absolute atomic E-state index is 0.0486. The lowest BCUT2D eigenvalue weighted by Crippen LogP contribution is -2.30. The molecule has 0 aliphatic carbocycles. The van der Waals surface area contributed by atoms with Gasteiger partial charge in [0.05, 0.1) is 16.9 Å². The van der Waals surface area contributed by atoms with E-state index in [4.69, 9.17) is 10.3 Å². The molecule has 1 amide bonds. The molecule has 10 nitrogen and oxygen atoms in total. The van der Waals surface area contributed by atoms with Gasteiger partial charge in [-0.2, -0.15) is 4.31 Å². The molecule has 3 N–H and O–H groups in total. The lowest BCUT2D eigenvalue weighted by molar-refractivity contribution is -0.113. The van der Waals surface area contributed by atoms with Crippen LogP contribution in [0.4, 0.5) is 5.69 Å². The molecule has 0 atom stereocenters. The highest BCUT2D eigenvalue weighted by Crippen LogP contribution is 2.22. The van der Waals surface area contributed by atoms with Crippen LogP contribution in [0.3, 0.4) is 0 Å². The zero-order chi connectivity index (χ0) is 21.7. The van der Waals surface area contributed by atoms with Crippen molar-refractivity contribution in [3.63, 3.8) is 0 Å². The zero-order valence-electron chi connectivity index (χ0n) is 16.5. The summed E-state index contributed by atoms with van der Waals surface area (Å²) in [7, 11) is -3.54. The fraction of sp³-hybridized carbons (Fsp3) is 0.278. The molecule has 0 aliphatic heterocycles. The minimum atomic E-state index is -3.54. The number of nitrogens with two attached hydrogens (primary N) is 1. The number of sulfonamides is 1. The van der Waals surface area contributed by atoms with Crippen LogP contribution in [0.1, 0.15) is 13.8 Å². The lowest BCUT2D eigenvalue weighted by Gasteiger charge is -2.18. The van der Waals surface area contributed by atoms with Crippen LogP contribution in [0.15, 0.2) is 57.1 Å². The van der Waals surface area contributed by atoms with Gasteiger partial charge >= 0.3 is 0 Å². The van der Waals surface area contributed by atoms with Crippen molar-refractivity contribution in [1.29, 1.82) is 0 Å². The summed E-state index contributed by atoms with van der Waals surface area (Å²) in [4.78, 5) is 12.4. The number of amides is 1. The summed E-state index contributed by atoms with van der Waals surface area (Å²) in [5, 5.41) is 11.0. The quantitative estimate of drug-likeness (QED) is 0.373. The number of furan rings is 1. The third-order valence-corrected chi connectivity index (χ3v) is 7.23.